The summed E-state index contributed by atoms with van der Waals surface area (Å²) in [5, 5.41) is 11.8. The summed E-state index contributed by atoms with van der Waals surface area (Å²) < 4.78 is 0. The first-order chi connectivity index (χ1) is 8.10. The second-order valence-corrected chi connectivity index (χ2v) is 4.73. The molecule has 0 radical (unpaired) electrons. The number of nitrogens with zero attached hydrogens (tertiary/aromatic N) is 2. The van der Waals surface area contributed by atoms with Crippen LogP contribution in [0, 0.1) is 0 Å². The summed E-state index contributed by atoms with van der Waals surface area (Å²) in [7, 11) is 1.70. The van der Waals surface area contributed by atoms with E-state index in [1.165, 1.54) is 17.7 Å². The molecular formula is C12H25N3O2. The lowest BCUT2D eigenvalue weighted by molar-refractivity contribution is 0.156. The van der Waals surface area contributed by atoms with Crippen molar-refractivity contribution in [3.8, 4) is 0 Å². The van der Waals surface area contributed by atoms with Crippen LogP contribution in [0.5, 0.6) is 0 Å². The van der Waals surface area contributed by atoms with Crippen LogP contribution in [0.3, 0.4) is 0 Å². The number of urea groups is 1. The second-order valence-electron chi connectivity index (χ2n) is 4.73. The predicted octanol–water partition coefficient (Wildman–Crippen LogP) is 0.493. The zero-order chi connectivity index (χ0) is 12.8. The number of carbonyl (C=O) groups excluding carboxylic acids is 1. The number of aliphatic hydroxyl groups is 1. The third-order valence-corrected chi connectivity index (χ3v) is 3.39. The van der Waals surface area contributed by atoms with E-state index in [-0.39, 0.29) is 18.7 Å². The Morgan fingerprint density at radius 1 is 1.53 bits per heavy atom. The molecule has 0 heterocycles. The molecule has 1 rings (SSSR count). The normalized spacial score (nSPS) is 17.0. The van der Waals surface area contributed by atoms with Gasteiger partial charge in [0.25, 0.3) is 0 Å². The maximum Gasteiger partial charge on any atom is 0.317 e. The Morgan fingerprint density at radius 3 is 2.65 bits per heavy atom. The highest BCUT2D eigenvalue weighted by molar-refractivity contribution is 5.74. The minimum absolute atomic E-state index is 0.00687. The summed E-state index contributed by atoms with van der Waals surface area (Å²) in [6.45, 7) is 6.60. The van der Waals surface area contributed by atoms with E-state index in [0.29, 0.717) is 6.54 Å². The summed E-state index contributed by atoms with van der Waals surface area (Å²) in [6, 6.07) is 0.491. The second kappa shape index (κ2) is 6.81. The minimum Gasteiger partial charge on any atom is -0.394 e. The van der Waals surface area contributed by atoms with Crippen molar-refractivity contribution in [1.82, 2.24) is 15.1 Å². The largest absolute Gasteiger partial charge is 0.394 e. The van der Waals surface area contributed by atoms with Crippen LogP contribution in [0.2, 0.25) is 0 Å². The van der Waals surface area contributed by atoms with Gasteiger partial charge in [-0.3, -0.25) is 4.90 Å². The van der Waals surface area contributed by atoms with E-state index in [0.717, 1.165) is 19.1 Å². The summed E-state index contributed by atoms with van der Waals surface area (Å²) in [6.07, 6.45) is 2.59. The minimum atomic E-state index is -0.138. The molecular weight excluding hydrogens is 218 g/mol. The van der Waals surface area contributed by atoms with E-state index in [9.17, 15) is 4.79 Å². The first kappa shape index (κ1) is 14.3. The monoisotopic (exact) mass is 243 g/mol. The van der Waals surface area contributed by atoms with Gasteiger partial charge in [0.2, 0.25) is 0 Å². The Labute approximate surface area is 104 Å². The van der Waals surface area contributed by atoms with Crippen LogP contribution in [0.15, 0.2) is 0 Å². The van der Waals surface area contributed by atoms with Crippen molar-refractivity contribution < 1.29 is 9.90 Å². The Kier molecular flexibility index (Phi) is 5.71. The molecule has 0 aromatic carbocycles. The van der Waals surface area contributed by atoms with Crippen LogP contribution in [0.1, 0.15) is 26.7 Å². The van der Waals surface area contributed by atoms with Crippen molar-refractivity contribution in [3.63, 3.8) is 0 Å². The van der Waals surface area contributed by atoms with Gasteiger partial charge in [-0.15, -0.1) is 0 Å². The van der Waals surface area contributed by atoms with Crippen LogP contribution >= 0.6 is 0 Å². The smallest absolute Gasteiger partial charge is 0.317 e. The highest BCUT2D eigenvalue weighted by atomic mass is 16.3. The highest BCUT2D eigenvalue weighted by Crippen LogP contribution is 2.25. The molecule has 0 aromatic rings. The first-order valence-corrected chi connectivity index (χ1v) is 6.45. The number of nitrogens with one attached hydrogen (secondary N) is 1. The lowest BCUT2D eigenvalue weighted by atomic mass is 10.3. The van der Waals surface area contributed by atoms with Crippen molar-refractivity contribution in [2.24, 2.45) is 0 Å². The molecule has 0 spiro atoms. The fraction of sp³-hybridized carbons (Fsp3) is 0.917. The lowest BCUT2D eigenvalue weighted by Gasteiger charge is -2.25. The van der Waals surface area contributed by atoms with Crippen LogP contribution in [0.25, 0.3) is 0 Å². The summed E-state index contributed by atoms with van der Waals surface area (Å²) in [4.78, 5) is 15.6. The van der Waals surface area contributed by atoms with Gasteiger partial charge in [-0.05, 0) is 26.3 Å². The topological polar surface area (TPSA) is 55.8 Å². The van der Waals surface area contributed by atoms with Gasteiger partial charge >= 0.3 is 6.03 Å². The number of rotatable bonds is 7. The maximum atomic E-state index is 11.7. The first-order valence-electron chi connectivity index (χ1n) is 6.45. The number of hydrogen-bond donors (Lipinski definition) is 2. The number of amides is 2. The van der Waals surface area contributed by atoms with Gasteiger partial charge in [0.15, 0.2) is 0 Å². The Morgan fingerprint density at radius 2 is 2.18 bits per heavy atom. The van der Waals surface area contributed by atoms with Gasteiger partial charge in [0.05, 0.1) is 12.6 Å². The molecule has 1 unspecified atom stereocenters. The predicted molar refractivity (Wildman–Crippen MR) is 68.0 cm³/mol. The molecule has 2 amide bonds. The van der Waals surface area contributed by atoms with Gasteiger partial charge < -0.3 is 15.3 Å². The standard InChI is InChI=1S/C12H25N3O2/c1-4-15(11-5-6-11)8-7-13-12(17)14(3)10(2)9-16/h10-11,16H,4-9H2,1-3H3,(H,13,17). The molecule has 5 nitrogen and oxygen atoms in total. The number of likely N-dealkylation sites (N-methyl/N-ethyl adjacent to an activating group) is 2. The SMILES string of the molecule is CCN(CCNC(=O)N(C)C(C)CO)C1CC1. The molecule has 1 aliphatic carbocycles. The molecule has 5 heteroatoms. The Bertz CT molecular complexity index is 244. The van der Waals surface area contributed by atoms with Crippen LogP contribution in [-0.2, 0) is 0 Å². The van der Waals surface area contributed by atoms with Gasteiger partial charge in [-0.2, -0.15) is 0 Å². The lowest BCUT2D eigenvalue weighted by Crippen LogP contribution is -2.46. The van der Waals surface area contributed by atoms with Gasteiger partial charge in [0, 0.05) is 26.2 Å². The summed E-state index contributed by atoms with van der Waals surface area (Å²) in [5.74, 6) is 0. The van der Waals surface area contributed by atoms with Crippen molar-refractivity contribution in [2.75, 3.05) is 33.3 Å². The van der Waals surface area contributed by atoms with E-state index in [1.807, 2.05) is 6.92 Å². The van der Waals surface area contributed by atoms with Crippen molar-refractivity contribution >= 4 is 6.03 Å². The molecule has 1 aliphatic rings. The molecule has 1 atom stereocenters. The van der Waals surface area contributed by atoms with E-state index >= 15 is 0 Å². The number of carbonyl (C=O) groups is 1. The highest BCUT2D eigenvalue weighted by Gasteiger charge is 2.27. The molecule has 1 saturated carbocycles. The Hall–Kier alpha value is -0.810. The molecule has 2 N–H and O–H groups in total. The Balaban J connectivity index is 2.18. The van der Waals surface area contributed by atoms with Crippen LogP contribution < -0.4 is 5.32 Å². The number of aliphatic hydroxyl groups excluding tert-OH is 1. The molecule has 1 fully saturated rings. The third kappa shape index (κ3) is 4.52. The van der Waals surface area contributed by atoms with Gasteiger partial charge in [0.1, 0.15) is 0 Å². The summed E-state index contributed by atoms with van der Waals surface area (Å²) in [5.41, 5.74) is 0. The van der Waals surface area contributed by atoms with E-state index in [1.54, 1.807) is 7.05 Å². The fourth-order valence-corrected chi connectivity index (χ4v) is 1.79. The van der Waals surface area contributed by atoms with E-state index < -0.39 is 0 Å². The van der Waals surface area contributed by atoms with Gasteiger partial charge in [-0.1, -0.05) is 6.92 Å². The fourth-order valence-electron chi connectivity index (χ4n) is 1.79. The quantitative estimate of drug-likeness (QED) is 0.684. The maximum absolute atomic E-state index is 11.7. The average Bonchev–Trinajstić information content (AvgIpc) is 3.16. The molecule has 100 valence electrons. The number of hydrogen-bond acceptors (Lipinski definition) is 3. The van der Waals surface area contributed by atoms with Crippen molar-refractivity contribution in [2.45, 2.75) is 38.8 Å². The zero-order valence-corrected chi connectivity index (χ0v) is 11.1. The van der Waals surface area contributed by atoms with Gasteiger partial charge in [-0.25, -0.2) is 4.79 Å². The summed E-state index contributed by atoms with van der Waals surface area (Å²) >= 11 is 0. The van der Waals surface area contributed by atoms with Crippen molar-refractivity contribution in [1.29, 1.82) is 0 Å². The van der Waals surface area contributed by atoms with E-state index in [2.05, 4.69) is 17.1 Å². The molecule has 0 aliphatic heterocycles. The van der Waals surface area contributed by atoms with Crippen LogP contribution in [0.4, 0.5) is 4.79 Å². The van der Waals surface area contributed by atoms with Crippen molar-refractivity contribution in [3.05, 3.63) is 0 Å². The third-order valence-electron chi connectivity index (χ3n) is 3.39. The molecule has 0 saturated heterocycles. The zero-order valence-electron chi connectivity index (χ0n) is 11.1. The average molecular weight is 243 g/mol. The van der Waals surface area contributed by atoms with E-state index in [4.69, 9.17) is 5.11 Å². The molecule has 0 bridgehead atoms. The molecule has 17 heavy (non-hydrogen) atoms. The molecule has 0 aromatic heterocycles. The van der Waals surface area contributed by atoms with Crippen LogP contribution in [-0.4, -0.2) is 66.3 Å².